The molecule has 3 aliphatic heterocycles. The van der Waals surface area contributed by atoms with Gasteiger partial charge in [-0.05, 0) is 49.1 Å². The van der Waals surface area contributed by atoms with Gasteiger partial charge in [-0.25, -0.2) is 0 Å². The number of amides is 2. The van der Waals surface area contributed by atoms with Gasteiger partial charge in [-0.2, -0.15) is 0 Å². The zero-order chi connectivity index (χ0) is 27.0. The van der Waals surface area contributed by atoms with Gasteiger partial charge in [-0.3, -0.25) is 14.4 Å². The third kappa shape index (κ3) is 4.25. The minimum Gasteiger partial charge on any atom is -0.466 e. The van der Waals surface area contributed by atoms with E-state index < -0.39 is 35.6 Å². The maximum Gasteiger partial charge on any atom is 0.312 e. The fourth-order valence-corrected chi connectivity index (χ4v) is 7.44. The second-order valence-corrected chi connectivity index (χ2v) is 11.3. The summed E-state index contributed by atoms with van der Waals surface area (Å²) in [5.41, 5.74) is -0.457. The van der Waals surface area contributed by atoms with E-state index in [0.29, 0.717) is 24.9 Å². The molecule has 1 spiro atoms. The van der Waals surface area contributed by atoms with Crippen LogP contribution in [0.4, 0.5) is 5.69 Å². The zero-order valence-corrected chi connectivity index (χ0v) is 23.0. The molecule has 8 nitrogen and oxygen atoms in total. The lowest BCUT2D eigenvalue weighted by Gasteiger charge is -2.37. The molecule has 2 aromatic carbocycles. The number of unbranched alkanes of at least 4 members (excludes halogenated alkanes) is 1. The first-order chi connectivity index (χ1) is 18.4. The summed E-state index contributed by atoms with van der Waals surface area (Å²) >= 11 is 3.67. The molecule has 0 aliphatic carbocycles. The van der Waals surface area contributed by atoms with Gasteiger partial charge in [-0.15, -0.1) is 6.58 Å². The number of likely N-dealkylation sites (tertiary alicyclic amines) is 1. The van der Waals surface area contributed by atoms with Crippen LogP contribution in [0.15, 0.2) is 55.1 Å². The number of alkyl halides is 1. The van der Waals surface area contributed by atoms with Crippen molar-refractivity contribution in [3.05, 3.63) is 55.1 Å². The van der Waals surface area contributed by atoms with E-state index in [-0.39, 0.29) is 42.9 Å². The molecule has 38 heavy (non-hydrogen) atoms. The van der Waals surface area contributed by atoms with Crippen molar-refractivity contribution in [1.82, 2.24) is 4.90 Å². The Bertz CT molecular complexity index is 1250. The highest BCUT2D eigenvalue weighted by atomic mass is 79.9. The number of ether oxygens (including phenoxy) is 2. The molecule has 0 radical (unpaired) electrons. The normalized spacial score (nSPS) is 29.5. The second-order valence-electron chi connectivity index (χ2n) is 10.1. The lowest BCUT2D eigenvalue weighted by atomic mass is 9.70. The van der Waals surface area contributed by atoms with E-state index in [4.69, 9.17) is 9.47 Å². The number of aliphatic hydroxyl groups is 1. The Morgan fingerprint density at radius 2 is 2.03 bits per heavy atom. The van der Waals surface area contributed by atoms with Crippen LogP contribution in [0.2, 0.25) is 0 Å². The van der Waals surface area contributed by atoms with Gasteiger partial charge in [0.25, 0.3) is 5.91 Å². The molecule has 3 fully saturated rings. The minimum absolute atomic E-state index is 0.0115. The van der Waals surface area contributed by atoms with E-state index in [9.17, 15) is 19.5 Å². The number of hydrogen-bond acceptors (Lipinski definition) is 6. The smallest absolute Gasteiger partial charge is 0.312 e. The zero-order valence-electron chi connectivity index (χ0n) is 21.4. The molecule has 9 heteroatoms. The fourth-order valence-electron chi connectivity index (χ4n) is 6.50. The first-order valence-corrected chi connectivity index (χ1v) is 14.1. The molecule has 3 heterocycles. The van der Waals surface area contributed by atoms with Gasteiger partial charge in [0.05, 0.1) is 24.5 Å². The molecule has 3 saturated heterocycles. The first-order valence-electron chi connectivity index (χ1n) is 13.2. The standard InChI is InChI=1S/C29H33BrN2O6/c1-3-13-31(20-12-11-18-9-5-6-10-19(18)16-20)27(35)25-29-17-21(30)24(38-29)22(28(36)37-4-2)23(29)26(34)32(25)14-7-8-15-33/h3,5-6,9-12,16,21-25,33H,1,4,7-8,13-15,17H2,2H3/t21?,22-,23+,24-,25-,29+/m1/s1. The molecule has 2 aromatic rings. The Morgan fingerprint density at radius 3 is 2.74 bits per heavy atom. The maximum absolute atomic E-state index is 14.5. The predicted octanol–water partition coefficient (Wildman–Crippen LogP) is 3.44. The predicted molar refractivity (Wildman–Crippen MR) is 147 cm³/mol. The Hall–Kier alpha value is -2.75. The Balaban J connectivity index is 1.57. The number of carbonyl (C=O) groups is 3. The van der Waals surface area contributed by atoms with Gasteiger partial charge >= 0.3 is 5.97 Å². The number of rotatable bonds is 10. The summed E-state index contributed by atoms with van der Waals surface area (Å²) in [5, 5.41) is 11.4. The average Bonchev–Trinajstić information content (AvgIpc) is 3.50. The number of carbonyl (C=O) groups excluding carboxylic acids is 3. The van der Waals surface area contributed by atoms with Crippen LogP contribution < -0.4 is 4.90 Å². The van der Waals surface area contributed by atoms with Crippen LogP contribution in [-0.4, -0.2) is 76.7 Å². The van der Waals surface area contributed by atoms with Gasteiger partial charge in [0, 0.05) is 30.2 Å². The van der Waals surface area contributed by atoms with Gasteiger partial charge in [0.2, 0.25) is 5.91 Å². The lowest BCUT2D eigenvalue weighted by molar-refractivity contribution is -0.154. The first kappa shape index (κ1) is 26.8. The molecular formula is C29H33BrN2O6. The highest BCUT2D eigenvalue weighted by molar-refractivity contribution is 9.09. The van der Waals surface area contributed by atoms with E-state index in [1.165, 1.54) is 0 Å². The highest BCUT2D eigenvalue weighted by Gasteiger charge is 2.77. The number of halogens is 1. The number of esters is 1. The van der Waals surface area contributed by atoms with E-state index in [1.807, 2.05) is 42.5 Å². The fraction of sp³-hybridized carbons (Fsp3) is 0.483. The van der Waals surface area contributed by atoms with Crippen molar-refractivity contribution in [2.45, 2.75) is 48.8 Å². The summed E-state index contributed by atoms with van der Waals surface area (Å²) in [7, 11) is 0. The molecule has 2 bridgehead atoms. The molecule has 3 aliphatic rings. The minimum atomic E-state index is -1.15. The Labute approximate surface area is 230 Å². The SMILES string of the molecule is C=CCN(C(=O)[C@H]1N(CCCCO)C(=O)[C@@H]2[C@@H](C(=O)OCC)[C@@H]3O[C@@]21CC3Br)c1ccc2ccccc2c1. The summed E-state index contributed by atoms with van der Waals surface area (Å²) in [6.45, 7) is 6.31. The average molecular weight is 585 g/mol. The van der Waals surface area contributed by atoms with Crippen LogP contribution in [0.5, 0.6) is 0 Å². The van der Waals surface area contributed by atoms with Crippen LogP contribution in [0.1, 0.15) is 26.2 Å². The van der Waals surface area contributed by atoms with Crippen molar-refractivity contribution < 1.29 is 29.0 Å². The summed E-state index contributed by atoms with van der Waals surface area (Å²) in [5.74, 6) is -2.59. The molecular weight excluding hydrogens is 552 g/mol. The largest absolute Gasteiger partial charge is 0.466 e. The monoisotopic (exact) mass is 584 g/mol. The quantitative estimate of drug-likeness (QED) is 0.199. The molecule has 2 amide bonds. The number of fused-ring (bicyclic) bond motifs is 2. The topological polar surface area (TPSA) is 96.4 Å². The van der Waals surface area contributed by atoms with E-state index >= 15 is 0 Å². The van der Waals surface area contributed by atoms with Crippen molar-refractivity contribution in [3.8, 4) is 0 Å². The number of benzene rings is 2. The van der Waals surface area contributed by atoms with Crippen LogP contribution in [0.25, 0.3) is 10.8 Å². The Morgan fingerprint density at radius 1 is 1.26 bits per heavy atom. The highest BCUT2D eigenvalue weighted by Crippen LogP contribution is 2.60. The Kier molecular flexibility index (Phi) is 7.62. The van der Waals surface area contributed by atoms with Crippen molar-refractivity contribution >= 4 is 50.2 Å². The second kappa shape index (κ2) is 10.8. The summed E-state index contributed by atoms with van der Waals surface area (Å²) in [4.78, 5) is 44.6. The maximum atomic E-state index is 14.5. The summed E-state index contributed by atoms with van der Waals surface area (Å²) in [6.07, 6.45) is 2.56. The van der Waals surface area contributed by atoms with Crippen molar-refractivity contribution in [2.24, 2.45) is 11.8 Å². The van der Waals surface area contributed by atoms with Gasteiger partial charge < -0.3 is 24.4 Å². The number of hydrogen-bond donors (Lipinski definition) is 1. The van der Waals surface area contributed by atoms with E-state index in [1.54, 1.807) is 22.8 Å². The molecule has 1 N–H and O–H groups in total. The van der Waals surface area contributed by atoms with Crippen molar-refractivity contribution in [3.63, 3.8) is 0 Å². The van der Waals surface area contributed by atoms with Gasteiger partial charge in [0.15, 0.2) is 0 Å². The third-order valence-corrected chi connectivity index (χ3v) is 8.86. The van der Waals surface area contributed by atoms with Gasteiger partial charge in [-0.1, -0.05) is 52.3 Å². The summed E-state index contributed by atoms with van der Waals surface area (Å²) in [6, 6.07) is 12.8. The number of anilines is 1. The molecule has 0 saturated carbocycles. The summed E-state index contributed by atoms with van der Waals surface area (Å²) < 4.78 is 11.9. The van der Waals surface area contributed by atoms with Gasteiger partial charge in [0.1, 0.15) is 11.6 Å². The van der Waals surface area contributed by atoms with Crippen LogP contribution in [-0.2, 0) is 23.9 Å². The molecule has 1 unspecified atom stereocenters. The lowest BCUT2D eigenvalue weighted by Crippen LogP contribution is -2.57. The molecule has 0 aromatic heterocycles. The van der Waals surface area contributed by atoms with Crippen molar-refractivity contribution in [1.29, 1.82) is 0 Å². The molecule has 5 rings (SSSR count). The van der Waals surface area contributed by atoms with Crippen LogP contribution in [0, 0.1) is 11.8 Å². The molecule has 202 valence electrons. The van der Waals surface area contributed by atoms with Crippen molar-refractivity contribution in [2.75, 3.05) is 31.2 Å². The third-order valence-electron chi connectivity index (χ3n) is 8.01. The van der Waals surface area contributed by atoms with E-state index in [0.717, 1.165) is 10.8 Å². The number of aliphatic hydroxyl groups excluding tert-OH is 1. The number of nitrogens with zero attached hydrogens (tertiary/aromatic N) is 2. The molecule has 6 atom stereocenters. The van der Waals surface area contributed by atoms with Crippen LogP contribution in [0.3, 0.4) is 0 Å². The van der Waals surface area contributed by atoms with E-state index in [2.05, 4.69) is 22.5 Å². The van der Waals surface area contributed by atoms with Crippen LogP contribution >= 0.6 is 15.9 Å².